The van der Waals surface area contributed by atoms with Crippen LogP contribution in [0.5, 0.6) is 0 Å². The number of hydrogen-bond donors (Lipinski definition) is 1. The number of aromatic nitrogens is 2. The Morgan fingerprint density at radius 1 is 1.25 bits per heavy atom. The largest absolute Gasteiger partial charge is 0.459 e. The number of anilines is 2. The van der Waals surface area contributed by atoms with Crippen LogP contribution in [0.2, 0.25) is 0 Å². The Kier molecular flexibility index (Phi) is 4.49. The van der Waals surface area contributed by atoms with Crippen LogP contribution >= 0.6 is 11.3 Å². The number of aryl methyl sites for hydroxylation is 2. The summed E-state index contributed by atoms with van der Waals surface area (Å²) in [5.74, 6) is 0.384. The molecule has 0 aliphatic heterocycles. The monoisotopic (exact) mass is 341 g/mol. The normalized spacial score (nSPS) is 11.0. The van der Waals surface area contributed by atoms with Crippen LogP contribution in [0, 0.1) is 13.8 Å². The second-order valence-electron chi connectivity index (χ2n) is 5.91. The minimum absolute atomic E-state index is 0.155. The summed E-state index contributed by atoms with van der Waals surface area (Å²) in [4.78, 5) is 22.3. The number of carbonyl (C=O) groups is 1. The molecule has 0 fully saturated rings. The molecule has 0 aliphatic rings. The van der Waals surface area contributed by atoms with E-state index in [0.717, 1.165) is 27.0 Å². The molecule has 6 heteroatoms. The van der Waals surface area contributed by atoms with E-state index in [9.17, 15) is 4.79 Å². The number of benzene rings is 1. The third-order valence-electron chi connectivity index (χ3n) is 3.54. The van der Waals surface area contributed by atoms with Gasteiger partial charge in [0.05, 0.1) is 11.5 Å². The number of nitrogens with zero attached hydrogens (tertiary/aromatic N) is 2. The van der Waals surface area contributed by atoms with Crippen molar-refractivity contribution in [1.29, 1.82) is 0 Å². The molecule has 124 valence electrons. The van der Waals surface area contributed by atoms with Crippen LogP contribution < -0.4 is 5.32 Å². The zero-order valence-corrected chi connectivity index (χ0v) is 14.9. The Labute approximate surface area is 144 Å². The summed E-state index contributed by atoms with van der Waals surface area (Å²) >= 11 is 1.34. The fourth-order valence-corrected chi connectivity index (χ4v) is 3.52. The van der Waals surface area contributed by atoms with Gasteiger partial charge in [0, 0.05) is 5.69 Å². The minimum atomic E-state index is -0.313. The molecule has 0 saturated heterocycles. The Hall–Kier alpha value is -2.47. The fourth-order valence-electron chi connectivity index (χ4n) is 2.49. The molecule has 2 heterocycles. The van der Waals surface area contributed by atoms with Crippen LogP contribution in [0.3, 0.4) is 0 Å². The van der Waals surface area contributed by atoms with Crippen molar-refractivity contribution in [2.24, 2.45) is 0 Å². The van der Waals surface area contributed by atoms with Gasteiger partial charge in [-0.1, -0.05) is 12.1 Å². The van der Waals surface area contributed by atoms with Crippen LogP contribution in [-0.4, -0.2) is 22.0 Å². The highest BCUT2D eigenvalue weighted by molar-refractivity contribution is 7.20. The van der Waals surface area contributed by atoms with Gasteiger partial charge in [0.2, 0.25) is 0 Å². The van der Waals surface area contributed by atoms with Crippen molar-refractivity contribution in [2.75, 3.05) is 5.32 Å². The van der Waals surface area contributed by atoms with E-state index in [4.69, 9.17) is 4.74 Å². The highest BCUT2D eigenvalue weighted by Crippen LogP contribution is 2.35. The summed E-state index contributed by atoms with van der Waals surface area (Å²) in [5, 5.41) is 4.19. The second-order valence-corrected chi connectivity index (χ2v) is 6.91. The van der Waals surface area contributed by atoms with Crippen molar-refractivity contribution >= 4 is 39.0 Å². The highest BCUT2D eigenvalue weighted by Gasteiger charge is 2.21. The van der Waals surface area contributed by atoms with Crippen LogP contribution in [0.1, 0.15) is 34.6 Å². The van der Waals surface area contributed by atoms with Gasteiger partial charge in [-0.15, -0.1) is 11.3 Å². The number of rotatable bonds is 4. The lowest BCUT2D eigenvalue weighted by Gasteiger charge is -2.08. The maximum absolute atomic E-state index is 12.3. The Bertz CT molecular complexity index is 902. The molecule has 2 aromatic heterocycles. The maximum Gasteiger partial charge on any atom is 0.348 e. The zero-order valence-electron chi connectivity index (χ0n) is 14.1. The number of hydrogen-bond acceptors (Lipinski definition) is 6. The fraction of sp³-hybridized carbons (Fsp3) is 0.278. The number of nitrogens with one attached hydrogen (secondary N) is 1. The van der Waals surface area contributed by atoms with Crippen LogP contribution in [0.4, 0.5) is 11.5 Å². The molecule has 24 heavy (non-hydrogen) atoms. The van der Waals surface area contributed by atoms with E-state index < -0.39 is 0 Å². The van der Waals surface area contributed by atoms with Crippen molar-refractivity contribution in [1.82, 2.24) is 9.97 Å². The Morgan fingerprint density at radius 2 is 2.04 bits per heavy atom. The number of thiophene rings is 1. The first-order chi connectivity index (χ1) is 11.5. The number of ether oxygens (including phenoxy) is 1. The SMILES string of the molecule is Cc1cccc(Nc2ncnc3sc(C(=O)OC(C)C)c(C)c23)c1. The molecule has 0 spiro atoms. The molecule has 0 saturated carbocycles. The Morgan fingerprint density at radius 3 is 2.75 bits per heavy atom. The van der Waals surface area contributed by atoms with Crippen molar-refractivity contribution in [3.63, 3.8) is 0 Å². The standard InChI is InChI=1S/C18H19N3O2S/c1-10(2)23-18(22)15-12(4)14-16(19-9-20-17(14)24-15)21-13-7-5-6-11(3)8-13/h5-10H,1-4H3,(H,19,20,21). The minimum Gasteiger partial charge on any atom is -0.459 e. The molecule has 3 aromatic rings. The van der Waals surface area contributed by atoms with Crippen molar-refractivity contribution in [3.05, 3.63) is 46.6 Å². The van der Waals surface area contributed by atoms with Crippen molar-refractivity contribution < 1.29 is 9.53 Å². The van der Waals surface area contributed by atoms with Crippen LogP contribution in [0.15, 0.2) is 30.6 Å². The molecule has 0 radical (unpaired) electrons. The molecule has 0 amide bonds. The summed E-state index contributed by atoms with van der Waals surface area (Å²) < 4.78 is 5.32. The molecule has 0 aliphatic carbocycles. The van der Waals surface area contributed by atoms with E-state index >= 15 is 0 Å². The van der Waals surface area contributed by atoms with E-state index in [1.54, 1.807) is 0 Å². The van der Waals surface area contributed by atoms with Crippen LogP contribution in [0.25, 0.3) is 10.2 Å². The lowest BCUT2D eigenvalue weighted by Crippen LogP contribution is -2.11. The summed E-state index contributed by atoms with van der Waals surface area (Å²) in [7, 11) is 0. The molecule has 0 atom stereocenters. The van der Waals surface area contributed by atoms with Gasteiger partial charge < -0.3 is 10.1 Å². The van der Waals surface area contributed by atoms with Gasteiger partial charge in [-0.2, -0.15) is 0 Å². The van der Waals surface area contributed by atoms with Crippen LogP contribution in [-0.2, 0) is 4.74 Å². The van der Waals surface area contributed by atoms with Gasteiger partial charge in [0.25, 0.3) is 0 Å². The predicted octanol–water partition coefficient (Wildman–Crippen LogP) is 4.62. The molecule has 1 N–H and O–H groups in total. The smallest absolute Gasteiger partial charge is 0.348 e. The lowest BCUT2D eigenvalue weighted by atomic mass is 10.2. The van der Waals surface area contributed by atoms with Gasteiger partial charge in [0.15, 0.2) is 0 Å². The number of carbonyl (C=O) groups excluding carboxylic acids is 1. The van der Waals surface area contributed by atoms with Crippen molar-refractivity contribution in [3.8, 4) is 0 Å². The predicted molar refractivity (Wildman–Crippen MR) is 97.2 cm³/mol. The molecule has 0 bridgehead atoms. The topological polar surface area (TPSA) is 64.1 Å². The summed E-state index contributed by atoms with van der Waals surface area (Å²) in [6.45, 7) is 7.62. The number of esters is 1. The maximum atomic E-state index is 12.3. The van der Waals surface area contributed by atoms with Gasteiger partial charge in [-0.3, -0.25) is 0 Å². The van der Waals surface area contributed by atoms with E-state index in [0.29, 0.717) is 10.7 Å². The summed E-state index contributed by atoms with van der Waals surface area (Å²) in [6.07, 6.45) is 1.35. The third-order valence-corrected chi connectivity index (χ3v) is 4.72. The molecule has 1 aromatic carbocycles. The van der Waals surface area contributed by atoms with E-state index in [1.165, 1.54) is 17.7 Å². The molecule has 5 nitrogen and oxygen atoms in total. The highest BCUT2D eigenvalue weighted by atomic mass is 32.1. The molecule has 0 unspecified atom stereocenters. The van der Waals surface area contributed by atoms with Gasteiger partial charge in [0.1, 0.15) is 21.9 Å². The van der Waals surface area contributed by atoms with Gasteiger partial charge in [-0.25, -0.2) is 14.8 Å². The molecular formula is C18H19N3O2S. The quantitative estimate of drug-likeness (QED) is 0.702. The van der Waals surface area contributed by atoms with Gasteiger partial charge >= 0.3 is 5.97 Å². The van der Waals surface area contributed by atoms with E-state index in [-0.39, 0.29) is 12.1 Å². The summed E-state index contributed by atoms with van der Waals surface area (Å²) in [5.41, 5.74) is 2.96. The zero-order chi connectivity index (χ0) is 17.3. The second kappa shape index (κ2) is 6.57. The van der Waals surface area contributed by atoms with E-state index in [1.807, 2.05) is 52.0 Å². The Balaban J connectivity index is 2.03. The lowest BCUT2D eigenvalue weighted by molar-refractivity contribution is 0.0383. The average Bonchev–Trinajstić information content (AvgIpc) is 2.85. The first-order valence-electron chi connectivity index (χ1n) is 7.74. The first kappa shape index (κ1) is 16.4. The average molecular weight is 341 g/mol. The third kappa shape index (κ3) is 3.23. The van der Waals surface area contributed by atoms with Gasteiger partial charge in [-0.05, 0) is 51.0 Å². The molecule has 3 rings (SSSR count). The van der Waals surface area contributed by atoms with Crippen molar-refractivity contribution in [2.45, 2.75) is 33.8 Å². The molecular weight excluding hydrogens is 322 g/mol. The van der Waals surface area contributed by atoms with E-state index in [2.05, 4.69) is 15.3 Å². The number of fused-ring (bicyclic) bond motifs is 1. The summed E-state index contributed by atoms with van der Waals surface area (Å²) in [6, 6.07) is 8.05. The first-order valence-corrected chi connectivity index (χ1v) is 8.56.